The van der Waals surface area contributed by atoms with E-state index < -0.39 is 0 Å². The zero-order valence-corrected chi connectivity index (χ0v) is 13.4. The van der Waals surface area contributed by atoms with E-state index in [2.05, 4.69) is 34.8 Å². The van der Waals surface area contributed by atoms with Gasteiger partial charge in [0, 0.05) is 24.7 Å². The molecule has 0 spiro atoms. The van der Waals surface area contributed by atoms with Crippen molar-refractivity contribution in [3.63, 3.8) is 0 Å². The Labute approximate surface area is 127 Å². The van der Waals surface area contributed by atoms with Crippen LogP contribution < -0.4 is 16.0 Å². The molecule has 0 aromatic heterocycles. The molecule has 0 aliphatic rings. The minimum absolute atomic E-state index is 0.0595. The monoisotopic (exact) mass is 290 g/mol. The van der Waals surface area contributed by atoms with E-state index >= 15 is 0 Å². The second-order valence-electron chi connectivity index (χ2n) is 5.19. The highest BCUT2D eigenvalue weighted by atomic mass is 16.1. The van der Waals surface area contributed by atoms with Gasteiger partial charge in [-0.15, -0.1) is 0 Å². The van der Waals surface area contributed by atoms with Gasteiger partial charge in [-0.1, -0.05) is 17.7 Å². The van der Waals surface area contributed by atoms with E-state index in [4.69, 9.17) is 0 Å². The summed E-state index contributed by atoms with van der Waals surface area (Å²) in [5.41, 5.74) is 1.77. The minimum Gasteiger partial charge on any atom is -0.357 e. The number of nitrogens with one attached hydrogen (secondary N) is 3. The Bertz CT molecular complexity index is 483. The molecule has 0 fully saturated rings. The number of aryl methyl sites for hydroxylation is 1. The number of rotatable bonds is 6. The minimum atomic E-state index is -0.0595. The van der Waals surface area contributed by atoms with E-state index in [0.29, 0.717) is 24.7 Å². The SMILES string of the molecule is CCNC(=NCCNC(=O)c1cccc(C)c1)NC(C)C. The van der Waals surface area contributed by atoms with Gasteiger partial charge in [-0.2, -0.15) is 0 Å². The van der Waals surface area contributed by atoms with Gasteiger partial charge in [-0.25, -0.2) is 0 Å². The van der Waals surface area contributed by atoms with E-state index in [0.717, 1.165) is 18.1 Å². The Morgan fingerprint density at radius 3 is 2.67 bits per heavy atom. The number of carbonyl (C=O) groups is 1. The molecule has 116 valence electrons. The molecular weight excluding hydrogens is 264 g/mol. The average molecular weight is 290 g/mol. The third kappa shape index (κ3) is 6.79. The number of guanidine groups is 1. The summed E-state index contributed by atoms with van der Waals surface area (Å²) in [7, 11) is 0. The second-order valence-corrected chi connectivity index (χ2v) is 5.19. The number of aliphatic imine (C=N–C) groups is 1. The van der Waals surface area contributed by atoms with Gasteiger partial charge < -0.3 is 16.0 Å². The summed E-state index contributed by atoms with van der Waals surface area (Å²) in [6.45, 7) is 9.99. The highest BCUT2D eigenvalue weighted by Crippen LogP contribution is 2.03. The predicted molar refractivity (Wildman–Crippen MR) is 87.8 cm³/mol. The molecule has 1 aromatic rings. The molecule has 0 bridgehead atoms. The average Bonchev–Trinajstić information content (AvgIpc) is 2.43. The zero-order chi connectivity index (χ0) is 15.7. The third-order valence-electron chi connectivity index (χ3n) is 2.72. The molecule has 0 radical (unpaired) electrons. The predicted octanol–water partition coefficient (Wildman–Crippen LogP) is 1.69. The summed E-state index contributed by atoms with van der Waals surface area (Å²) in [4.78, 5) is 16.4. The molecule has 5 nitrogen and oxygen atoms in total. The summed E-state index contributed by atoms with van der Waals surface area (Å²) >= 11 is 0. The molecule has 5 heteroatoms. The maximum absolute atomic E-state index is 12.0. The van der Waals surface area contributed by atoms with Gasteiger partial charge in [0.15, 0.2) is 5.96 Å². The molecule has 0 atom stereocenters. The molecule has 1 aromatic carbocycles. The normalized spacial score (nSPS) is 11.4. The lowest BCUT2D eigenvalue weighted by Crippen LogP contribution is -2.41. The van der Waals surface area contributed by atoms with Gasteiger partial charge in [0.25, 0.3) is 5.91 Å². The number of carbonyl (C=O) groups excluding carboxylic acids is 1. The molecule has 0 aliphatic heterocycles. The first-order chi connectivity index (χ1) is 10.0. The molecule has 0 aliphatic carbocycles. The molecule has 1 rings (SSSR count). The molecule has 21 heavy (non-hydrogen) atoms. The first-order valence-corrected chi connectivity index (χ1v) is 7.42. The number of nitrogens with zero attached hydrogens (tertiary/aromatic N) is 1. The fraction of sp³-hybridized carbons (Fsp3) is 0.500. The lowest BCUT2D eigenvalue weighted by atomic mass is 10.1. The standard InChI is InChI=1S/C16H26N4O/c1-5-17-16(20-12(2)3)19-10-9-18-15(21)14-8-6-7-13(4)11-14/h6-8,11-12H,5,9-10H2,1-4H3,(H,18,21)(H2,17,19,20). The lowest BCUT2D eigenvalue weighted by molar-refractivity contribution is 0.0954. The van der Waals surface area contributed by atoms with Crippen LogP contribution in [0.2, 0.25) is 0 Å². The number of amides is 1. The highest BCUT2D eigenvalue weighted by Gasteiger charge is 2.04. The molecular formula is C16H26N4O. The summed E-state index contributed by atoms with van der Waals surface area (Å²) in [5, 5.41) is 9.28. The van der Waals surface area contributed by atoms with Crippen LogP contribution in [0.1, 0.15) is 36.7 Å². The molecule has 0 heterocycles. The Morgan fingerprint density at radius 1 is 1.29 bits per heavy atom. The fourth-order valence-electron chi connectivity index (χ4n) is 1.82. The number of hydrogen-bond donors (Lipinski definition) is 3. The Morgan fingerprint density at radius 2 is 2.05 bits per heavy atom. The van der Waals surface area contributed by atoms with Crippen molar-refractivity contribution >= 4 is 11.9 Å². The smallest absolute Gasteiger partial charge is 0.251 e. The second kappa shape index (κ2) is 9.00. The lowest BCUT2D eigenvalue weighted by Gasteiger charge is -2.14. The van der Waals surface area contributed by atoms with Crippen LogP contribution in [0.15, 0.2) is 29.3 Å². The fourth-order valence-corrected chi connectivity index (χ4v) is 1.82. The van der Waals surface area contributed by atoms with Crippen LogP contribution in [0.4, 0.5) is 0 Å². The molecule has 1 amide bonds. The Kier molecular flexibility index (Phi) is 7.29. The topological polar surface area (TPSA) is 65.5 Å². The van der Waals surface area contributed by atoms with Crippen LogP contribution in [-0.4, -0.2) is 37.5 Å². The third-order valence-corrected chi connectivity index (χ3v) is 2.72. The van der Waals surface area contributed by atoms with Gasteiger partial charge >= 0.3 is 0 Å². The van der Waals surface area contributed by atoms with Gasteiger partial charge in [0.05, 0.1) is 6.54 Å². The molecule has 0 saturated heterocycles. The van der Waals surface area contributed by atoms with E-state index in [-0.39, 0.29) is 5.91 Å². The van der Waals surface area contributed by atoms with Crippen molar-refractivity contribution < 1.29 is 4.79 Å². The van der Waals surface area contributed by atoms with E-state index in [1.54, 1.807) is 0 Å². The van der Waals surface area contributed by atoms with Crippen molar-refractivity contribution in [3.05, 3.63) is 35.4 Å². The first-order valence-electron chi connectivity index (χ1n) is 7.42. The summed E-state index contributed by atoms with van der Waals surface area (Å²) in [6, 6.07) is 7.88. The Balaban J connectivity index is 2.42. The van der Waals surface area contributed by atoms with Gasteiger partial charge in [-0.3, -0.25) is 9.79 Å². The van der Waals surface area contributed by atoms with E-state index in [1.165, 1.54) is 0 Å². The Hall–Kier alpha value is -2.04. The molecule has 3 N–H and O–H groups in total. The first kappa shape index (κ1) is 17.0. The van der Waals surface area contributed by atoms with Crippen LogP contribution >= 0.6 is 0 Å². The van der Waals surface area contributed by atoms with Crippen molar-refractivity contribution in [2.24, 2.45) is 4.99 Å². The molecule has 0 unspecified atom stereocenters. The largest absolute Gasteiger partial charge is 0.357 e. The summed E-state index contributed by atoms with van der Waals surface area (Å²) in [5.74, 6) is 0.716. The number of hydrogen-bond acceptors (Lipinski definition) is 2. The van der Waals surface area contributed by atoms with Crippen molar-refractivity contribution in [1.29, 1.82) is 0 Å². The zero-order valence-electron chi connectivity index (χ0n) is 13.4. The highest BCUT2D eigenvalue weighted by molar-refractivity contribution is 5.94. The van der Waals surface area contributed by atoms with Crippen molar-refractivity contribution in [3.8, 4) is 0 Å². The van der Waals surface area contributed by atoms with Gasteiger partial charge in [-0.05, 0) is 39.8 Å². The van der Waals surface area contributed by atoms with E-state index in [9.17, 15) is 4.79 Å². The summed E-state index contributed by atoms with van der Waals surface area (Å²) in [6.07, 6.45) is 0. The van der Waals surface area contributed by atoms with E-state index in [1.807, 2.05) is 38.1 Å². The van der Waals surface area contributed by atoms with Crippen molar-refractivity contribution in [2.45, 2.75) is 33.7 Å². The van der Waals surface area contributed by atoms with Crippen LogP contribution in [0, 0.1) is 6.92 Å². The maximum Gasteiger partial charge on any atom is 0.251 e. The number of benzene rings is 1. The van der Waals surface area contributed by atoms with Crippen LogP contribution in [-0.2, 0) is 0 Å². The van der Waals surface area contributed by atoms with Crippen molar-refractivity contribution in [1.82, 2.24) is 16.0 Å². The van der Waals surface area contributed by atoms with Crippen LogP contribution in [0.25, 0.3) is 0 Å². The quantitative estimate of drug-likeness (QED) is 0.424. The van der Waals surface area contributed by atoms with Gasteiger partial charge in [0.1, 0.15) is 0 Å². The summed E-state index contributed by atoms with van der Waals surface area (Å²) < 4.78 is 0. The van der Waals surface area contributed by atoms with Gasteiger partial charge in [0.2, 0.25) is 0 Å². The van der Waals surface area contributed by atoms with Crippen LogP contribution in [0.5, 0.6) is 0 Å². The maximum atomic E-state index is 12.0. The molecule has 0 saturated carbocycles. The van der Waals surface area contributed by atoms with Crippen LogP contribution in [0.3, 0.4) is 0 Å². The van der Waals surface area contributed by atoms with Crippen molar-refractivity contribution in [2.75, 3.05) is 19.6 Å².